The van der Waals surface area contributed by atoms with E-state index in [1.807, 2.05) is 21.1 Å². The van der Waals surface area contributed by atoms with Crippen LogP contribution in [0.4, 0.5) is 0 Å². The first-order chi connectivity index (χ1) is 26.5. The number of unbranched alkanes of at least 4 members (excludes halogenated alkanes) is 28. The summed E-state index contributed by atoms with van der Waals surface area (Å²) >= 11 is 0. The van der Waals surface area contributed by atoms with Gasteiger partial charge in [-0.15, -0.1) is 0 Å². The lowest BCUT2D eigenvalue weighted by atomic mass is 10.0. The zero-order chi connectivity index (χ0) is 40.7. The van der Waals surface area contributed by atoms with Crippen LogP contribution in [0.3, 0.4) is 0 Å². The lowest BCUT2D eigenvalue weighted by Gasteiger charge is -2.30. The quantitative estimate of drug-likeness (QED) is 0.0275. The summed E-state index contributed by atoms with van der Waals surface area (Å²) in [4.78, 5) is 25.3. The number of amides is 1. The van der Waals surface area contributed by atoms with Gasteiger partial charge in [-0.3, -0.25) is 9.36 Å². The van der Waals surface area contributed by atoms with Crippen molar-refractivity contribution in [1.29, 1.82) is 0 Å². The van der Waals surface area contributed by atoms with Gasteiger partial charge in [0.05, 0.1) is 39.9 Å². The Balaban J connectivity index is 4.14. The Morgan fingerprint density at radius 2 is 1.00 bits per heavy atom. The van der Waals surface area contributed by atoms with Crippen molar-refractivity contribution in [2.75, 3.05) is 40.9 Å². The first-order valence-corrected chi connectivity index (χ1v) is 25.0. The van der Waals surface area contributed by atoms with Gasteiger partial charge in [-0.2, -0.15) is 0 Å². The van der Waals surface area contributed by atoms with E-state index in [0.717, 1.165) is 44.9 Å². The van der Waals surface area contributed by atoms with E-state index in [0.29, 0.717) is 23.9 Å². The number of aliphatic hydroxyl groups excluding tert-OH is 1. The number of phosphoric acid groups is 1. The van der Waals surface area contributed by atoms with Crippen LogP contribution < -0.4 is 10.2 Å². The number of carbonyl (C=O) groups excluding carboxylic acids is 1. The third kappa shape index (κ3) is 41.2. The average Bonchev–Trinajstić information content (AvgIpc) is 3.13. The molecule has 0 aliphatic heterocycles. The summed E-state index contributed by atoms with van der Waals surface area (Å²) in [6.45, 7) is 4.68. The molecule has 2 N–H and O–H groups in total. The summed E-state index contributed by atoms with van der Waals surface area (Å²) < 4.78 is 23.2. The first-order valence-electron chi connectivity index (χ1n) is 23.5. The Bertz CT molecular complexity index is 911. The number of likely N-dealkylation sites (N-methyl/N-ethyl adjacent to an activating group) is 1. The van der Waals surface area contributed by atoms with Crippen molar-refractivity contribution >= 4 is 13.7 Å². The molecule has 55 heavy (non-hydrogen) atoms. The van der Waals surface area contributed by atoms with Crippen molar-refractivity contribution in [3.05, 3.63) is 12.2 Å². The molecule has 0 spiro atoms. The highest BCUT2D eigenvalue weighted by atomic mass is 31.2. The predicted octanol–water partition coefficient (Wildman–Crippen LogP) is 12.5. The molecule has 0 fully saturated rings. The molecule has 1 amide bonds. The molecule has 0 aliphatic carbocycles. The monoisotopic (exact) mass is 801 g/mol. The molecule has 0 radical (unpaired) electrons. The number of phosphoric ester groups is 1. The van der Waals surface area contributed by atoms with Crippen LogP contribution in [0.15, 0.2) is 12.2 Å². The maximum atomic E-state index is 12.9. The fourth-order valence-corrected chi connectivity index (χ4v) is 7.70. The van der Waals surface area contributed by atoms with E-state index in [1.54, 1.807) is 0 Å². The van der Waals surface area contributed by atoms with Crippen LogP contribution in [0.2, 0.25) is 0 Å². The van der Waals surface area contributed by atoms with Gasteiger partial charge in [0, 0.05) is 6.42 Å². The minimum Gasteiger partial charge on any atom is -0.756 e. The zero-order valence-corrected chi connectivity index (χ0v) is 38.0. The van der Waals surface area contributed by atoms with E-state index in [9.17, 15) is 19.4 Å². The van der Waals surface area contributed by atoms with E-state index in [-0.39, 0.29) is 19.1 Å². The largest absolute Gasteiger partial charge is 0.756 e. The van der Waals surface area contributed by atoms with Crippen molar-refractivity contribution in [3.8, 4) is 0 Å². The fraction of sp³-hybridized carbons (Fsp3) is 0.935. The predicted molar refractivity (Wildman–Crippen MR) is 233 cm³/mol. The highest BCUT2D eigenvalue weighted by Crippen LogP contribution is 2.38. The van der Waals surface area contributed by atoms with Crippen LogP contribution in [0.25, 0.3) is 0 Å². The van der Waals surface area contributed by atoms with Gasteiger partial charge in [-0.25, -0.2) is 0 Å². The maximum absolute atomic E-state index is 12.9. The van der Waals surface area contributed by atoms with E-state index in [4.69, 9.17) is 9.05 Å². The number of carbonyl (C=O) groups is 1. The smallest absolute Gasteiger partial charge is 0.268 e. The second-order valence-electron chi connectivity index (χ2n) is 17.5. The van der Waals surface area contributed by atoms with Gasteiger partial charge in [0.25, 0.3) is 7.82 Å². The van der Waals surface area contributed by atoms with E-state index >= 15 is 0 Å². The van der Waals surface area contributed by atoms with Crippen LogP contribution in [0.1, 0.15) is 226 Å². The van der Waals surface area contributed by atoms with Crippen LogP contribution in [-0.4, -0.2) is 68.5 Å². The topological polar surface area (TPSA) is 108 Å². The average molecular weight is 801 g/mol. The minimum atomic E-state index is -4.56. The van der Waals surface area contributed by atoms with Crippen LogP contribution in [0.5, 0.6) is 0 Å². The van der Waals surface area contributed by atoms with Gasteiger partial charge >= 0.3 is 0 Å². The Morgan fingerprint density at radius 1 is 0.618 bits per heavy atom. The lowest BCUT2D eigenvalue weighted by Crippen LogP contribution is -2.46. The molecule has 3 atom stereocenters. The van der Waals surface area contributed by atoms with E-state index in [2.05, 4.69) is 31.3 Å². The highest BCUT2D eigenvalue weighted by molar-refractivity contribution is 7.45. The van der Waals surface area contributed by atoms with Crippen molar-refractivity contribution in [3.63, 3.8) is 0 Å². The Labute approximate surface area is 342 Å². The standard InChI is InChI=1S/C46H93N2O6P/c1-6-8-10-12-14-16-18-19-20-21-22-23-24-25-26-27-28-29-30-32-34-36-38-40-46(50)47-44(43-54-55(51,52)53-42-41-48(3,4)5)45(49)39-37-35-33-31-17-15-13-11-9-7-2/h17,31,44-45,49H,6-16,18-30,32-43H2,1-5H3,(H-,47,50,51,52)/b31-17+/t44-,45+/m0/s1. The molecule has 9 heteroatoms. The van der Waals surface area contributed by atoms with Gasteiger partial charge < -0.3 is 28.8 Å². The summed E-state index contributed by atoms with van der Waals surface area (Å²) in [6.07, 6.45) is 43.8. The molecular formula is C46H93N2O6P. The van der Waals surface area contributed by atoms with Crippen molar-refractivity contribution in [2.45, 2.75) is 238 Å². The number of aliphatic hydroxyl groups is 1. The summed E-state index contributed by atoms with van der Waals surface area (Å²) in [6, 6.07) is -0.810. The molecule has 0 saturated heterocycles. The Hall–Kier alpha value is -0.760. The third-order valence-electron chi connectivity index (χ3n) is 10.8. The number of hydrogen-bond donors (Lipinski definition) is 2. The molecule has 0 aromatic rings. The first kappa shape index (κ1) is 54.2. The summed E-state index contributed by atoms with van der Waals surface area (Å²) in [5, 5.41) is 13.8. The normalized spacial score (nSPS) is 14.4. The lowest BCUT2D eigenvalue weighted by molar-refractivity contribution is -0.870. The van der Waals surface area contributed by atoms with Crippen molar-refractivity contribution in [2.24, 2.45) is 0 Å². The van der Waals surface area contributed by atoms with Gasteiger partial charge in [-0.05, 0) is 38.5 Å². The molecular weight excluding hydrogens is 707 g/mol. The van der Waals surface area contributed by atoms with Gasteiger partial charge in [-0.1, -0.05) is 193 Å². The minimum absolute atomic E-state index is 0.00944. The van der Waals surface area contributed by atoms with E-state index in [1.165, 1.54) is 154 Å². The van der Waals surface area contributed by atoms with Crippen molar-refractivity contribution < 1.29 is 32.9 Å². The number of nitrogens with zero attached hydrogens (tertiary/aromatic N) is 1. The fourth-order valence-electron chi connectivity index (χ4n) is 6.98. The Kier molecular flexibility index (Phi) is 38.2. The Morgan fingerprint density at radius 3 is 1.42 bits per heavy atom. The van der Waals surface area contributed by atoms with Crippen molar-refractivity contribution in [1.82, 2.24) is 5.32 Å². The number of quaternary nitrogens is 1. The summed E-state index contributed by atoms with van der Waals surface area (Å²) in [5.41, 5.74) is 0. The zero-order valence-electron chi connectivity index (χ0n) is 37.1. The number of hydrogen-bond acceptors (Lipinski definition) is 6. The highest BCUT2D eigenvalue weighted by Gasteiger charge is 2.24. The van der Waals surface area contributed by atoms with Crippen LogP contribution in [0, 0.1) is 0 Å². The molecule has 328 valence electrons. The molecule has 0 bridgehead atoms. The number of allylic oxidation sites excluding steroid dienone is 2. The molecule has 0 saturated carbocycles. The molecule has 8 nitrogen and oxygen atoms in total. The number of rotatable bonds is 43. The molecule has 0 aromatic heterocycles. The second-order valence-corrected chi connectivity index (χ2v) is 18.9. The third-order valence-corrected chi connectivity index (χ3v) is 11.7. The molecule has 0 aromatic carbocycles. The van der Waals surface area contributed by atoms with Gasteiger partial charge in [0.2, 0.25) is 5.91 Å². The summed E-state index contributed by atoms with van der Waals surface area (Å²) in [5.74, 6) is -0.172. The maximum Gasteiger partial charge on any atom is 0.268 e. The van der Waals surface area contributed by atoms with Crippen LogP contribution in [-0.2, 0) is 18.4 Å². The number of nitrogens with one attached hydrogen (secondary N) is 1. The summed E-state index contributed by atoms with van der Waals surface area (Å²) in [7, 11) is 1.29. The SMILES string of the molecule is CCCCCC/C=C/CCCC[C@@H](O)[C@H](COP(=O)([O-])OCC[N+](C)(C)C)NC(=O)CCCCCCCCCCCCCCCCCCCCCCCCC. The van der Waals surface area contributed by atoms with E-state index < -0.39 is 20.0 Å². The molecule has 0 aliphatic rings. The molecule has 0 rings (SSSR count). The van der Waals surface area contributed by atoms with Gasteiger partial charge in [0.1, 0.15) is 13.2 Å². The van der Waals surface area contributed by atoms with Gasteiger partial charge in [0.15, 0.2) is 0 Å². The van der Waals surface area contributed by atoms with Crippen LogP contribution >= 0.6 is 7.82 Å². The molecule has 1 unspecified atom stereocenters. The molecule has 0 heterocycles. The second kappa shape index (κ2) is 38.7.